The molecule has 0 unspecified atom stereocenters. The number of carbonyl (C=O) groups excluding carboxylic acids is 2. The van der Waals surface area contributed by atoms with Gasteiger partial charge in [-0.2, -0.15) is 0 Å². The maximum Gasteiger partial charge on any atom is 0.248 e. The van der Waals surface area contributed by atoms with Crippen LogP contribution in [0.2, 0.25) is 0 Å². The number of ether oxygens (including phenoxy) is 1. The maximum absolute atomic E-state index is 11.8. The van der Waals surface area contributed by atoms with Crippen molar-refractivity contribution in [3.63, 3.8) is 0 Å². The molecule has 0 aromatic heterocycles. The summed E-state index contributed by atoms with van der Waals surface area (Å²) >= 11 is 0. The van der Waals surface area contributed by atoms with Crippen LogP contribution < -0.4 is 15.4 Å². The first-order valence-corrected chi connectivity index (χ1v) is 7.07. The van der Waals surface area contributed by atoms with E-state index in [4.69, 9.17) is 4.74 Å². The van der Waals surface area contributed by atoms with Gasteiger partial charge in [-0.25, -0.2) is 0 Å². The topological polar surface area (TPSA) is 67.4 Å². The number of carbonyl (C=O) groups is 2. The van der Waals surface area contributed by atoms with Gasteiger partial charge in [0, 0.05) is 23.5 Å². The highest BCUT2D eigenvalue weighted by molar-refractivity contribution is 6.06. The quantitative estimate of drug-likeness (QED) is 0.834. The Kier molecular flexibility index (Phi) is 5.52. The Bertz CT molecular complexity index is 704. The molecule has 0 saturated carbocycles. The Labute approximate surface area is 135 Å². The van der Waals surface area contributed by atoms with Gasteiger partial charge >= 0.3 is 0 Å². The average Bonchev–Trinajstić information content (AvgIpc) is 2.56. The summed E-state index contributed by atoms with van der Waals surface area (Å²) in [6, 6.07) is 14.3. The molecular formula is C18H18N2O3. The number of benzene rings is 2. The van der Waals surface area contributed by atoms with Gasteiger partial charge in [-0.1, -0.05) is 17.7 Å². The lowest BCUT2D eigenvalue weighted by Gasteiger charge is -2.04. The number of hydrogen-bond donors (Lipinski definition) is 2. The van der Waals surface area contributed by atoms with E-state index in [0.717, 1.165) is 5.56 Å². The largest absolute Gasteiger partial charge is 0.497 e. The van der Waals surface area contributed by atoms with E-state index < -0.39 is 0 Å². The van der Waals surface area contributed by atoms with E-state index in [9.17, 15) is 9.59 Å². The zero-order chi connectivity index (χ0) is 16.7. The van der Waals surface area contributed by atoms with Gasteiger partial charge in [0.15, 0.2) is 0 Å². The molecule has 5 nitrogen and oxygen atoms in total. The fourth-order valence-electron chi connectivity index (χ4n) is 1.83. The van der Waals surface area contributed by atoms with Crippen LogP contribution in [0.3, 0.4) is 0 Å². The van der Waals surface area contributed by atoms with Crippen molar-refractivity contribution in [3.05, 3.63) is 66.2 Å². The molecule has 2 aromatic rings. The summed E-state index contributed by atoms with van der Waals surface area (Å²) in [5.74, 6) is -0.0380. The van der Waals surface area contributed by atoms with Crippen LogP contribution in [0.4, 0.5) is 11.4 Å². The third-order valence-electron chi connectivity index (χ3n) is 3.06. The highest BCUT2D eigenvalue weighted by Gasteiger charge is 2.01. The molecule has 0 saturated heterocycles. The molecule has 2 rings (SSSR count). The van der Waals surface area contributed by atoms with Crippen LogP contribution in [-0.4, -0.2) is 18.9 Å². The van der Waals surface area contributed by atoms with E-state index in [-0.39, 0.29) is 11.8 Å². The third-order valence-corrected chi connectivity index (χ3v) is 3.06. The van der Waals surface area contributed by atoms with E-state index >= 15 is 0 Å². The fraction of sp³-hybridized carbons (Fsp3) is 0.111. The minimum Gasteiger partial charge on any atom is -0.497 e. The number of aryl methyl sites for hydroxylation is 1. The molecule has 2 N–H and O–H groups in total. The Morgan fingerprint density at radius 3 is 1.70 bits per heavy atom. The molecule has 118 valence electrons. The molecule has 0 radical (unpaired) electrons. The molecule has 0 fully saturated rings. The summed E-state index contributed by atoms with van der Waals surface area (Å²) < 4.78 is 5.04. The Morgan fingerprint density at radius 1 is 0.826 bits per heavy atom. The fourth-order valence-corrected chi connectivity index (χ4v) is 1.83. The zero-order valence-corrected chi connectivity index (χ0v) is 13.0. The van der Waals surface area contributed by atoms with Crippen LogP contribution in [0.15, 0.2) is 60.7 Å². The predicted molar refractivity (Wildman–Crippen MR) is 90.6 cm³/mol. The minimum absolute atomic E-state index is 0.362. The lowest BCUT2D eigenvalue weighted by atomic mass is 10.2. The van der Waals surface area contributed by atoms with Crippen molar-refractivity contribution in [2.45, 2.75) is 6.92 Å². The second kappa shape index (κ2) is 7.79. The Balaban J connectivity index is 1.86. The standard InChI is InChI=1S/C18H18N2O3/c1-13-3-5-14(6-4-13)19-17(21)11-12-18(22)20-15-7-9-16(23-2)10-8-15/h3-12H,1-2H3,(H,19,21)(H,20,22)/b12-11-. The number of anilines is 2. The van der Waals surface area contributed by atoms with Crippen LogP contribution in [0.1, 0.15) is 5.56 Å². The Morgan fingerprint density at radius 2 is 1.26 bits per heavy atom. The summed E-state index contributed by atoms with van der Waals surface area (Å²) in [6.07, 6.45) is 2.38. The molecule has 2 aromatic carbocycles. The van der Waals surface area contributed by atoms with Gasteiger partial charge in [0.25, 0.3) is 0 Å². The first kappa shape index (κ1) is 16.3. The Hall–Kier alpha value is -3.08. The molecule has 0 aliphatic heterocycles. The second-order valence-electron chi connectivity index (χ2n) is 4.91. The van der Waals surface area contributed by atoms with E-state index in [1.807, 2.05) is 19.1 Å². The SMILES string of the molecule is COc1ccc(NC(=O)/C=C\C(=O)Nc2ccc(C)cc2)cc1. The first-order valence-electron chi connectivity index (χ1n) is 7.07. The smallest absolute Gasteiger partial charge is 0.248 e. The highest BCUT2D eigenvalue weighted by Crippen LogP contribution is 2.14. The molecule has 2 amide bonds. The molecule has 0 aliphatic carbocycles. The van der Waals surface area contributed by atoms with Crippen molar-refractivity contribution in [2.24, 2.45) is 0 Å². The van der Waals surface area contributed by atoms with Gasteiger partial charge in [-0.05, 0) is 43.3 Å². The monoisotopic (exact) mass is 310 g/mol. The second-order valence-corrected chi connectivity index (χ2v) is 4.91. The van der Waals surface area contributed by atoms with Crippen molar-refractivity contribution in [1.29, 1.82) is 0 Å². The summed E-state index contributed by atoms with van der Waals surface area (Å²) in [7, 11) is 1.57. The van der Waals surface area contributed by atoms with Crippen LogP contribution in [-0.2, 0) is 9.59 Å². The average molecular weight is 310 g/mol. The number of methoxy groups -OCH3 is 1. The van der Waals surface area contributed by atoms with Gasteiger partial charge in [-0.15, -0.1) is 0 Å². The zero-order valence-electron chi connectivity index (χ0n) is 13.0. The van der Waals surface area contributed by atoms with E-state index in [2.05, 4.69) is 10.6 Å². The van der Waals surface area contributed by atoms with Gasteiger partial charge in [0.05, 0.1) is 7.11 Å². The van der Waals surface area contributed by atoms with Crippen molar-refractivity contribution in [2.75, 3.05) is 17.7 Å². The molecule has 0 bridgehead atoms. The van der Waals surface area contributed by atoms with E-state index in [0.29, 0.717) is 17.1 Å². The van der Waals surface area contributed by atoms with Crippen molar-refractivity contribution >= 4 is 23.2 Å². The lowest BCUT2D eigenvalue weighted by molar-refractivity contribution is -0.114. The van der Waals surface area contributed by atoms with E-state index in [1.54, 1.807) is 43.5 Å². The van der Waals surface area contributed by atoms with Crippen LogP contribution in [0.5, 0.6) is 5.75 Å². The molecule has 0 heterocycles. The van der Waals surface area contributed by atoms with Crippen molar-refractivity contribution in [1.82, 2.24) is 0 Å². The number of nitrogens with one attached hydrogen (secondary N) is 2. The number of hydrogen-bond acceptors (Lipinski definition) is 3. The van der Waals surface area contributed by atoms with Crippen LogP contribution >= 0.6 is 0 Å². The molecule has 23 heavy (non-hydrogen) atoms. The summed E-state index contributed by atoms with van der Waals surface area (Å²) in [5, 5.41) is 5.34. The van der Waals surface area contributed by atoms with Crippen molar-refractivity contribution in [3.8, 4) is 5.75 Å². The first-order chi connectivity index (χ1) is 11.1. The van der Waals surface area contributed by atoms with Gasteiger partial charge in [0.1, 0.15) is 5.75 Å². The van der Waals surface area contributed by atoms with Crippen LogP contribution in [0, 0.1) is 6.92 Å². The molecule has 5 heteroatoms. The summed E-state index contributed by atoms with van der Waals surface area (Å²) in [4.78, 5) is 23.5. The minimum atomic E-state index is -0.380. The van der Waals surface area contributed by atoms with Gasteiger partial charge < -0.3 is 15.4 Å². The summed E-state index contributed by atoms with van der Waals surface area (Å²) in [5.41, 5.74) is 2.41. The third kappa shape index (κ3) is 5.32. The molecular weight excluding hydrogens is 292 g/mol. The van der Waals surface area contributed by atoms with Crippen molar-refractivity contribution < 1.29 is 14.3 Å². The lowest BCUT2D eigenvalue weighted by Crippen LogP contribution is -2.12. The molecule has 0 atom stereocenters. The van der Waals surface area contributed by atoms with Gasteiger partial charge in [-0.3, -0.25) is 9.59 Å². The number of rotatable bonds is 5. The highest BCUT2D eigenvalue weighted by atomic mass is 16.5. The molecule has 0 aliphatic rings. The van der Waals surface area contributed by atoms with E-state index in [1.165, 1.54) is 12.2 Å². The van der Waals surface area contributed by atoms with Crippen LogP contribution in [0.25, 0.3) is 0 Å². The summed E-state index contributed by atoms with van der Waals surface area (Å²) in [6.45, 7) is 1.97. The predicted octanol–water partition coefficient (Wildman–Crippen LogP) is 3.14. The number of amides is 2. The normalized spacial score (nSPS) is 10.3. The maximum atomic E-state index is 11.8. The van der Waals surface area contributed by atoms with Gasteiger partial charge in [0.2, 0.25) is 11.8 Å². The molecule has 0 spiro atoms.